The Morgan fingerprint density at radius 2 is 1.94 bits per heavy atom. The van der Waals surface area contributed by atoms with Crippen LogP contribution in [0.2, 0.25) is 0 Å². The molecule has 0 atom stereocenters. The number of carbonyl (C=O) groups excluding carboxylic acids is 2. The average Bonchev–Trinajstić information content (AvgIpc) is 2.10. The van der Waals surface area contributed by atoms with Crippen LogP contribution < -0.4 is 11.1 Å². The van der Waals surface area contributed by atoms with Gasteiger partial charge in [-0.05, 0) is 0 Å². The molecule has 0 saturated carbocycles. The first-order valence-corrected chi connectivity index (χ1v) is 4.42. The van der Waals surface area contributed by atoms with E-state index in [1.807, 2.05) is 5.32 Å². The molecule has 3 N–H and O–H groups in total. The summed E-state index contributed by atoms with van der Waals surface area (Å²) in [5, 5.41) is 1.98. The van der Waals surface area contributed by atoms with E-state index in [9.17, 15) is 22.8 Å². The largest absolute Gasteiger partial charge is 0.406 e. The molecule has 0 aliphatic heterocycles. The zero-order chi connectivity index (χ0) is 12.9. The minimum absolute atomic E-state index is 0.0698. The van der Waals surface area contributed by atoms with Crippen molar-refractivity contribution in [2.24, 2.45) is 5.73 Å². The number of hydrogen-bond donors (Lipinski definition) is 2. The second-order valence-corrected chi connectivity index (χ2v) is 3.45. The number of carbonyl (C=O) groups is 2. The van der Waals surface area contributed by atoms with Crippen molar-refractivity contribution < 1.29 is 22.8 Å². The maximum absolute atomic E-state index is 11.9. The van der Waals surface area contributed by atoms with E-state index in [2.05, 4.69) is 12.2 Å². The van der Waals surface area contributed by atoms with Crippen molar-refractivity contribution in [3.8, 4) is 0 Å². The minimum atomic E-state index is -4.55. The SMILES string of the molecule is CN(CC(F)(F)F)C(=O)C(=O)NCC(N)=S. The van der Waals surface area contributed by atoms with E-state index in [1.165, 1.54) is 0 Å². The van der Waals surface area contributed by atoms with Gasteiger partial charge in [0.2, 0.25) is 0 Å². The van der Waals surface area contributed by atoms with Gasteiger partial charge in [0.05, 0.1) is 11.5 Å². The fourth-order valence-corrected chi connectivity index (χ4v) is 0.829. The molecule has 0 spiro atoms. The van der Waals surface area contributed by atoms with Gasteiger partial charge in [-0.25, -0.2) is 0 Å². The fraction of sp³-hybridized carbons (Fsp3) is 0.571. The highest BCUT2D eigenvalue weighted by molar-refractivity contribution is 7.80. The van der Waals surface area contributed by atoms with E-state index in [-0.39, 0.29) is 16.4 Å². The van der Waals surface area contributed by atoms with Gasteiger partial charge < -0.3 is 16.0 Å². The molecule has 0 aromatic carbocycles. The fourth-order valence-electron chi connectivity index (χ4n) is 0.757. The lowest BCUT2D eigenvalue weighted by atomic mass is 10.4. The molecule has 0 radical (unpaired) electrons. The summed E-state index contributed by atoms with van der Waals surface area (Å²) < 4.78 is 35.6. The topological polar surface area (TPSA) is 75.4 Å². The Kier molecular flexibility index (Phi) is 5.15. The monoisotopic (exact) mass is 257 g/mol. The van der Waals surface area contributed by atoms with Crippen molar-refractivity contribution in [1.82, 2.24) is 10.2 Å². The molecule has 2 amide bonds. The highest BCUT2D eigenvalue weighted by Gasteiger charge is 2.33. The Labute approximate surface area is 94.8 Å². The van der Waals surface area contributed by atoms with Crippen LogP contribution in [0, 0.1) is 0 Å². The third-order valence-corrected chi connectivity index (χ3v) is 1.52. The van der Waals surface area contributed by atoms with E-state index in [0.29, 0.717) is 0 Å². The summed E-state index contributed by atoms with van der Waals surface area (Å²) in [7, 11) is 0.871. The van der Waals surface area contributed by atoms with Gasteiger partial charge in [0.15, 0.2) is 0 Å². The number of halogens is 3. The molecular weight excluding hydrogens is 247 g/mol. The van der Waals surface area contributed by atoms with Gasteiger partial charge in [0, 0.05) is 7.05 Å². The van der Waals surface area contributed by atoms with Crippen LogP contribution in [0.1, 0.15) is 0 Å². The molecule has 9 heteroatoms. The van der Waals surface area contributed by atoms with Gasteiger partial charge in [0.25, 0.3) is 0 Å². The van der Waals surface area contributed by atoms with E-state index in [1.54, 1.807) is 0 Å². The molecular formula is C7H10F3N3O2S. The molecule has 0 bridgehead atoms. The zero-order valence-electron chi connectivity index (χ0n) is 8.30. The van der Waals surface area contributed by atoms with Crippen LogP contribution in [0.15, 0.2) is 0 Å². The molecule has 16 heavy (non-hydrogen) atoms. The zero-order valence-corrected chi connectivity index (χ0v) is 9.11. The number of thiocarbonyl (C=S) groups is 1. The van der Waals surface area contributed by atoms with Crippen molar-refractivity contribution in [1.29, 1.82) is 0 Å². The molecule has 5 nitrogen and oxygen atoms in total. The van der Waals surface area contributed by atoms with Crippen molar-refractivity contribution in [2.45, 2.75) is 6.18 Å². The molecule has 0 aromatic heterocycles. The Morgan fingerprint density at radius 3 is 2.31 bits per heavy atom. The smallest absolute Gasteiger partial charge is 0.392 e. The molecule has 0 saturated heterocycles. The molecule has 92 valence electrons. The number of amides is 2. The van der Waals surface area contributed by atoms with Gasteiger partial charge in [0.1, 0.15) is 6.54 Å². The van der Waals surface area contributed by atoms with Crippen molar-refractivity contribution >= 4 is 29.0 Å². The second-order valence-electron chi connectivity index (χ2n) is 2.93. The van der Waals surface area contributed by atoms with Gasteiger partial charge >= 0.3 is 18.0 Å². The average molecular weight is 257 g/mol. The van der Waals surface area contributed by atoms with Crippen LogP contribution in [0.25, 0.3) is 0 Å². The number of hydrogen-bond acceptors (Lipinski definition) is 3. The van der Waals surface area contributed by atoms with Gasteiger partial charge in [-0.15, -0.1) is 0 Å². The summed E-state index contributed by atoms with van der Waals surface area (Å²) in [6.45, 7) is -1.73. The van der Waals surface area contributed by atoms with Crippen LogP contribution >= 0.6 is 12.2 Å². The van der Waals surface area contributed by atoms with Gasteiger partial charge in [-0.2, -0.15) is 13.2 Å². The highest BCUT2D eigenvalue weighted by atomic mass is 32.1. The summed E-state index contributed by atoms with van der Waals surface area (Å²) in [6, 6.07) is 0. The van der Waals surface area contributed by atoms with Gasteiger partial charge in [-0.1, -0.05) is 12.2 Å². The lowest BCUT2D eigenvalue weighted by Gasteiger charge is -2.18. The van der Waals surface area contributed by atoms with Crippen LogP contribution in [-0.2, 0) is 9.59 Å². The summed E-state index contributed by atoms with van der Waals surface area (Å²) in [5.41, 5.74) is 5.03. The second kappa shape index (κ2) is 5.64. The number of rotatable bonds is 3. The molecule has 0 rings (SSSR count). The Morgan fingerprint density at radius 1 is 1.44 bits per heavy atom. The molecule has 0 aliphatic rings. The summed E-state index contributed by atoms with van der Waals surface area (Å²) in [6.07, 6.45) is -4.55. The predicted octanol–water partition coefficient (Wildman–Crippen LogP) is -0.591. The van der Waals surface area contributed by atoms with E-state index < -0.39 is 24.5 Å². The first-order valence-electron chi connectivity index (χ1n) is 4.02. The summed E-state index contributed by atoms with van der Waals surface area (Å²) in [4.78, 5) is 22.2. The maximum Gasteiger partial charge on any atom is 0.406 e. The highest BCUT2D eigenvalue weighted by Crippen LogP contribution is 2.15. The Balaban J connectivity index is 4.23. The lowest BCUT2D eigenvalue weighted by molar-refractivity contribution is -0.162. The first-order chi connectivity index (χ1) is 7.13. The predicted molar refractivity (Wildman–Crippen MR) is 53.5 cm³/mol. The molecule has 0 heterocycles. The quantitative estimate of drug-likeness (QED) is 0.523. The Bertz CT molecular complexity index is 306. The third-order valence-electron chi connectivity index (χ3n) is 1.38. The normalized spacial score (nSPS) is 10.8. The molecule has 0 aromatic rings. The Hall–Kier alpha value is -1.38. The number of alkyl halides is 3. The van der Waals surface area contributed by atoms with Gasteiger partial charge in [-0.3, -0.25) is 9.59 Å². The van der Waals surface area contributed by atoms with Crippen LogP contribution in [0.3, 0.4) is 0 Å². The number of nitrogens with zero attached hydrogens (tertiary/aromatic N) is 1. The standard InChI is InChI=1S/C7H10F3N3O2S/c1-13(3-7(8,9)10)6(15)5(14)12-2-4(11)16/h2-3H2,1H3,(H2,11,16)(H,12,14). The van der Waals surface area contributed by atoms with E-state index >= 15 is 0 Å². The van der Waals surface area contributed by atoms with Crippen LogP contribution in [0.4, 0.5) is 13.2 Å². The van der Waals surface area contributed by atoms with E-state index in [0.717, 1.165) is 7.05 Å². The number of nitrogens with two attached hydrogens (primary N) is 1. The molecule has 0 fully saturated rings. The summed E-state index contributed by atoms with van der Waals surface area (Å²) in [5.74, 6) is -2.48. The summed E-state index contributed by atoms with van der Waals surface area (Å²) >= 11 is 4.41. The first kappa shape index (κ1) is 14.6. The molecule has 0 aliphatic carbocycles. The maximum atomic E-state index is 11.9. The van der Waals surface area contributed by atoms with Crippen molar-refractivity contribution in [3.63, 3.8) is 0 Å². The molecule has 0 unspecified atom stereocenters. The number of likely N-dealkylation sites (N-methyl/N-ethyl adjacent to an activating group) is 1. The minimum Gasteiger partial charge on any atom is -0.392 e. The van der Waals surface area contributed by atoms with Crippen molar-refractivity contribution in [2.75, 3.05) is 20.1 Å². The number of nitrogens with one attached hydrogen (secondary N) is 1. The van der Waals surface area contributed by atoms with Crippen LogP contribution in [-0.4, -0.2) is 48.0 Å². The third kappa shape index (κ3) is 6.17. The lowest BCUT2D eigenvalue weighted by Crippen LogP contribution is -2.46. The van der Waals surface area contributed by atoms with E-state index in [4.69, 9.17) is 5.73 Å². The van der Waals surface area contributed by atoms with Crippen LogP contribution in [0.5, 0.6) is 0 Å². The van der Waals surface area contributed by atoms with Crippen molar-refractivity contribution in [3.05, 3.63) is 0 Å².